The molecule has 3 aliphatic rings. The second kappa shape index (κ2) is 5.56. The van der Waals surface area contributed by atoms with Gasteiger partial charge in [0, 0.05) is 17.4 Å². The minimum Gasteiger partial charge on any atom is -0.294 e. The Kier molecular flexibility index (Phi) is 3.42. The van der Waals surface area contributed by atoms with Crippen molar-refractivity contribution in [2.75, 3.05) is 0 Å². The Morgan fingerprint density at radius 1 is 1.24 bits per heavy atom. The second-order valence-electron chi connectivity index (χ2n) is 8.39. The summed E-state index contributed by atoms with van der Waals surface area (Å²) < 4.78 is 0. The molecule has 1 nitrogen and oxygen atoms in total. The molecular weight excluding hydrogens is 304 g/mol. The summed E-state index contributed by atoms with van der Waals surface area (Å²) in [5.41, 5.74) is 5.76. The summed E-state index contributed by atoms with van der Waals surface area (Å²) in [5, 5.41) is 2.64. The molecule has 2 unspecified atom stereocenters. The molecule has 128 valence electrons. The van der Waals surface area contributed by atoms with Gasteiger partial charge in [-0.25, -0.2) is 0 Å². The fraction of sp³-hybridized carbons (Fsp3) is 0.458. The summed E-state index contributed by atoms with van der Waals surface area (Å²) in [6, 6.07) is 11.3. The van der Waals surface area contributed by atoms with Crippen LogP contribution in [0.2, 0.25) is 0 Å². The number of hydrogen-bond acceptors (Lipinski definition) is 1. The molecule has 3 aliphatic carbocycles. The Morgan fingerprint density at radius 3 is 2.92 bits per heavy atom. The van der Waals surface area contributed by atoms with Crippen molar-refractivity contribution in [3.8, 4) is 0 Å². The molecule has 1 heteroatoms. The van der Waals surface area contributed by atoms with Crippen LogP contribution in [0, 0.1) is 5.92 Å². The van der Waals surface area contributed by atoms with E-state index in [-0.39, 0.29) is 5.41 Å². The van der Waals surface area contributed by atoms with Crippen LogP contribution in [0.5, 0.6) is 0 Å². The third kappa shape index (κ3) is 2.18. The average molecular weight is 330 g/mol. The molecule has 1 spiro atoms. The summed E-state index contributed by atoms with van der Waals surface area (Å²) in [6.07, 6.45) is 11.5. The van der Waals surface area contributed by atoms with Crippen molar-refractivity contribution in [1.29, 1.82) is 0 Å². The summed E-state index contributed by atoms with van der Waals surface area (Å²) >= 11 is 0. The lowest BCUT2D eigenvalue weighted by atomic mass is 9.62. The first-order valence-electron chi connectivity index (χ1n) is 9.98. The van der Waals surface area contributed by atoms with E-state index in [9.17, 15) is 4.79 Å². The van der Waals surface area contributed by atoms with Crippen molar-refractivity contribution < 1.29 is 4.79 Å². The Hall–Kier alpha value is -1.89. The molecule has 5 rings (SSSR count). The van der Waals surface area contributed by atoms with E-state index >= 15 is 0 Å². The highest BCUT2D eigenvalue weighted by molar-refractivity contribution is 6.03. The smallest absolute Gasteiger partial charge is 0.163 e. The van der Waals surface area contributed by atoms with Crippen molar-refractivity contribution >= 4 is 16.6 Å². The second-order valence-corrected chi connectivity index (χ2v) is 8.39. The summed E-state index contributed by atoms with van der Waals surface area (Å²) in [4.78, 5) is 12.7. The molecular formula is C24H26O. The van der Waals surface area contributed by atoms with E-state index in [1.165, 1.54) is 54.0 Å². The highest BCUT2D eigenvalue weighted by atomic mass is 16.1. The van der Waals surface area contributed by atoms with Crippen molar-refractivity contribution in [1.82, 2.24) is 0 Å². The van der Waals surface area contributed by atoms with Gasteiger partial charge in [0.25, 0.3) is 0 Å². The molecule has 2 atom stereocenters. The summed E-state index contributed by atoms with van der Waals surface area (Å²) in [5.74, 6) is 1.09. The summed E-state index contributed by atoms with van der Waals surface area (Å²) in [6.45, 7) is 2.25. The standard InChI is InChI=1S/C24H26O/c1-2-3-5-17-6-4-7-18-13-21-22(14-20(17)18)24(11-10-23(21)25)15-16-8-9-19(24)12-16/h4,6-8,13-14,19H,2-3,5,9-12,15H2,1H3. The quantitative estimate of drug-likeness (QED) is 0.618. The van der Waals surface area contributed by atoms with E-state index in [4.69, 9.17) is 0 Å². The van der Waals surface area contributed by atoms with Crippen LogP contribution in [0.4, 0.5) is 0 Å². The van der Waals surface area contributed by atoms with Gasteiger partial charge >= 0.3 is 0 Å². The maximum Gasteiger partial charge on any atom is 0.163 e. The van der Waals surface area contributed by atoms with E-state index in [1.807, 2.05) is 0 Å². The predicted octanol–water partition coefficient (Wildman–Crippen LogP) is 6.14. The lowest BCUT2D eigenvalue weighted by molar-refractivity contribution is 0.0940. The number of ketones is 1. The molecule has 25 heavy (non-hydrogen) atoms. The third-order valence-corrected chi connectivity index (χ3v) is 7.07. The molecule has 2 aromatic rings. The first-order chi connectivity index (χ1) is 12.2. The molecule has 0 aromatic heterocycles. The zero-order valence-electron chi connectivity index (χ0n) is 15.1. The van der Waals surface area contributed by atoms with Crippen LogP contribution in [0.25, 0.3) is 10.8 Å². The molecule has 0 N–H and O–H groups in total. The molecule has 1 fully saturated rings. The Balaban J connectivity index is 1.72. The average Bonchev–Trinajstić information content (AvgIpc) is 3.24. The van der Waals surface area contributed by atoms with Crippen LogP contribution in [0.3, 0.4) is 0 Å². The number of rotatable bonds is 3. The van der Waals surface area contributed by atoms with Crippen LogP contribution in [-0.2, 0) is 11.8 Å². The van der Waals surface area contributed by atoms with Gasteiger partial charge in [0.15, 0.2) is 5.78 Å². The minimum atomic E-state index is 0.249. The number of hydrogen-bond donors (Lipinski definition) is 0. The first kappa shape index (κ1) is 15.4. The van der Waals surface area contributed by atoms with Crippen molar-refractivity contribution in [2.24, 2.45) is 5.92 Å². The van der Waals surface area contributed by atoms with Gasteiger partial charge in [-0.3, -0.25) is 4.79 Å². The van der Waals surface area contributed by atoms with E-state index < -0.39 is 0 Å². The van der Waals surface area contributed by atoms with Crippen molar-refractivity contribution in [3.63, 3.8) is 0 Å². The van der Waals surface area contributed by atoms with Gasteiger partial charge in [-0.05, 0) is 78.5 Å². The monoisotopic (exact) mass is 330 g/mol. The Labute approximate surface area is 150 Å². The van der Waals surface area contributed by atoms with Gasteiger partial charge in [0.05, 0.1) is 0 Å². The maximum atomic E-state index is 12.7. The molecule has 0 aliphatic heterocycles. The molecule has 0 radical (unpaired) electrons. The van der Waals surface area contributed by atoms with Crippen LogP contribution in [0.1, 0.15) is 73.4 Å². The highest BCUT2D eigenvalue weighted by Gasteiger charge is 2.51. The van der Waals surface area contributed by atoms with E-state index in [1.54, 1.807) is 5.57 Å². The molecule has 0 saturated heterocycles. The topological polar surface area (TPSA) is 17.1 Å². The van der Waals surface area contributed by atoms with Gasteiger partial charge in [0.1, 0.15) is 0 Å². The fourth-order valence-electron chi connectivity index (χ4n) is 5.74. The van der Waals surface area contributed by atoms with Crippen molar-refractivity contribution in [3.05, 3.63) is 58.7 Å². The van der Waals surface area contributed by atoms with E-state index in [2.05, 4.69) is 43.3 Å². The Morgan fingerprint density at radius 2 is 2.16 bits per heavy atom. The third-order valence-electron chi connectivity index (χ3n) is 7.07. The van der Waals surface area contributed by atoms with Gasteiger partial charge in [-0.2, -0.15) is 0 Å². The first-order valence-corrected chi connectivity index (χ1v) is 9.98. The van der Waals surface area contributed by atoms with Gasteiger partial charge in [-0.1, -0.05) is 43.2 Å². The number of benzene rings is 2. The maximum absolute atomic E-state index is 12.7. The number of fused-ring (bicyclic) bond motifs is 6. The Bertz CT molecular complexity index is 904. The van der Waals surface area contributed by atoms with Gasteiger partial charge in [0.2, 0.25) is 0 Å². The van der Waals surface area contributed by atoms with E-state index in [0.29, 0.717) is 5.78 Å². The number of carbonyl (C=O) groups excluding carboxylic acids is 1. The summed E-state index contributed by atoms with van der Waals surface area (Å²) in [7, 11) is 0. The fourth-order valence-corrected chi connectivity index (χ4v) is 5.74. The van der Waals surface area contributed by atoms with E-state index in [0.717, 1.165) is 30.7 Å². The van der Waals surface area contributed by atoms with Crippen LogP contribution < -0.4 is 0 Å². The molecule has 0 amide bonds. The molecule has 0 heterocycles. The largest absolute Gasteiger partial charge is 0.294 e. The molecule has 2 aromatic carbocycles. The number of aryl methyl sites for hydroxylation is 1. The van der Waals surface area contributed by atoms with Crippen molar-refractivity contribution in [2.45, 2.75) is 63.7 Å². The number of allylic oxidation sites excluding steroid dienone is 2. The van der Waals surface area contributed by atoms with Gasteiger partial charge in [-0.15, -0.1) is 0 Å². The van der Waals surface area contributed by atoms with Crippen LogP contribution in [-0.4, -0.2) is 5.78 Å². The van der Waals surface area contributed by atoms with Crippen LogP contribution in [0.15, 0.2) is 42.0 Å². The normalized spacial score (nSPS) is 27.2. The number of carbonyl (C=O) groups is 1. The lowest BCUT2D eigenvalue weighted by Crippen LogP contribution is -2.37. The predicted molar refractivity (Wildman–Crippen MR) is 103 cm³/mol. The zero-order chi connectivity index (χ0) is 17.0. The lowest BCUT2D eigenvalue weighted by Gasteiger charge is -2.41. The van der Waals surface area contributed by atoms with Crippen LogP contribution >= 0.6 is 0 Å². The molecule has 2 bridgehead atoms. The number of unbranched alkanes of at least 4 members (excludes halogenated alkanes) is 1. The SMILES string of the molecule is CCCCc1cccc2cc3c(cc12)C1(CCC3=O)CC2=CCC1C2. The van der Waals surface area contributed by atoms with Gasteiger partial charge < -0.3 is 0 Å². The number of Topliss-reactive ketones (excluding diaryl/α,β-unsaturated/α-hetero) is 1. The zero-order valence-corrected chi connectivity index (χ0v) is 15.1. The minimum absolute atomic E-state index is 0.249. The highest BCUT2D eigenvalue weighted by Crippen LogP contribution is 2.59. The molecule has 1 saturated carbocycles.